The lowest BCUT2D eigenvalue weighted by Gasteiger charge is -2.08. The minimum atomic E-state index is -4.36. The van der Waals surface area contributed by atoms with Crippen molar-refractivity contribution in [2.75, 3.05) is 6.54 Å². The Bertz CT molecular complexity index is 982. The van der Waals surface area contributed by atoms with Gasteiger partial charge in [0.05, 0.1) is 5.56 Å². The van der Waals surface area contributed by atoms with E-state index in [2.05, 4.69) is 9.98 Å². The molecule has 3 nitrogen and oxygen atoms in total. The van der Waals surface area contributed by atoms with Crippen molar-refractivity contribution in [1.29, 1.82) is 0 Å². The summed E-state index contributed by atoms with van der Waals surface area (Å²) in [6.07, 6.45) is 0.276. The van der Waals surface area contributed by atoms with Crippen LogP contribution in [0.15, 0.2) is 58.0 Å². The molecule has 0 spiro atoms. The van der Waals surface area contributed by atoms with E-state index in [1.807, 2.05) is 24.3 Å². The second-order valence-electron chi connectivity index (χ2n) is 5.77. The van der Waals surface area contributed by atoms with Gasteiger partial charge >= 0.3 is 6.18 Å². The quantitative estimate of drug-likeness (QED) is 0.628. The van der Waals surface area contributed by atoms with Crippen LogP contribution in [0.5, 0.6) is 0 Å². The van der Waals surface area contributed by atoms with Crippen LogP contribution in [0.3, 0.4) is 0 Å². The van der Waals surface area contributed by atoms with Gasteiger partial charge in [-0.1, -0.05) is 6.07 Å². The molecular formula is C19H13F3N2O. The van der Waals surface area contributed by atoms with Crippen molar-refractivity contribution in [2.45, 2.75) is 12.6 Å². The number of benzene rings is 2. The molecule has 126 valence electrons. The number of hydrogen-bond donors (Lipinski definition) is 0. The Morgan fingerprint density at radius 3 is 2.40 bits per heavy atom. The van der Waals surface area contributed by atoms with Gasteiger partial charge in [-0.05, 0) is 60.0 Å². The number of hydrogen-bond acceptors (Lipinski definition) is 3. The van der Waals surface area contributed by atoms with Crippen LogP contribution >= 0.6 is 0 Å². The topological polar surface area (TPSA) is 38.4 Å². The highest BCUT2D eigenvalue weighted by atomic mass is 19.4. The third-order valence-corrected chi connectivity index (χ3v) is 4.11. The normalized spacial score (nSPS) is 14.8. The highest BCUT2D eigenvalue weighted by Gasteiger charge is 2.30. The molecule has 25 heavy (non-hydrogen) atoms. The number of aromatic nitrogens is 1. The van der Waals surface area contributed by atoms with E-state index in [0.29, 0.717) is 22.6 Å². The minimum Gasteiger partial charge on any atom is -0.436 e. The average molecular weight is 342 g/mol. The summed E-state index contributed by atoms with van der Waals surface area (Å²) in [7, 11) is 0. The number of alkyl halides is 3. The van der Waals surface area contributed by atoms with Gasteiger partial charge in [0, 0.05) is 18.3 Å². The second-order valence-corrected chi connectivity index (χ2v) is 5.77. The lowest BCUT2D eigenvalue weighted by molar-refractivity contribution is -0.137. The zero-order valence-electron chi connectivity index (χ0n) is 13.0. The van der Waals surface area contributed by atoms with Crippen molar-refractivity contribution in [3.63, 3.8) is 0 Å². The molecular weight excluding hydrogens is 329 g/mol. The highest BCUT2D eigenvalue weighted by Crippen LogP contribution is 2.32. The Kier molecular flexibility index (Phi) is 3.67. The number of halogens is 3. The Labute approximate surface area is 141 Å². The summed E-state index contributed by atoms with van der Waals surface area (Å²) >= 11 is 0. The van der Waals surface area contributed by atoms with Crippen molar-refractivity contribution >= 4 is 22.9 Å². The molecule has 0 atom stereocenters. The first-order valence-electron chi connectivity index (χ1n) is 7.78. The molecule has 1 aromatic heterocycles. The molecule has 0 saturated heterocycles. The molecule has 4 rings (SSSR count). The molecule has 0 aliphatic carbocycles. The average Bonchev–Trinajstić information content (AvgIpc) is 3.05. The van der Waals surface area contributed by atoms with Gasteiger partial charge < -0.3 is 4.42 Å². The molecule has 0 fully saturated rings. The van der Waals surface area contributed by atoms with Gasteiger partial charge in [0.25, 0.3) is 0 Å². The highest BCUT2D eigenvalue weighted by molar-refractivity contribution is 5.89. The lowest BCUT2D eigenvalue weighted by atomic mass is 10.0. The number of nitrogens with zero attached hydrogens (tertiary/aromatic N) is 2. The van der Waals surface area contributed by atoms with E-state index in [-0.39, 0.29) is 0 Å². The third kappa shape index (κ3) is 3.07. The van der Waals surface area contributed by atoms with Gasteiger partial charge in [0.2, 0.25) is 5.89 Å². The van der Waals surface area contributed by atoms with Crippen LogP contribution in [-0.4, -0.2) is 17.7 Å². The molecule has 6 heteroatoms. The Hall–Kier alpha value is -2.89. The largest absolute Gasteiger partial charge is 0.436 e. The maximum atomic E-state index is 12.7. The minimum absolute atomic E-state index is 0.306. The molecule has 0 N–H and O–H groups in total. The fraction of sp³-hybridized carbons (Fsp3) is 0.158. The lowest BCUT2D eigenvalue weighted by Crippen LogP contribution is -2.03. The number of aliphatic imine (C=N–C) groups is 1. The van der Waals surface area contributed by atoms with Crippen LogP contribution < -0.4 is 0 Å². The summed E-state index contributed by atoms with van der Waals surface area (Å²) in [6.45, 7) is 0.763. The summed E-state index contributed by atoms with van der Waals surface area (Å²) in [5.74, 6) is 0.306. The van der Waals surface area contributed by atoms with Gasteiger partial charge in [0.1, 0.15) is 5.52 Å². The smallest absolute Gasteiger partial charge is 0.416 e. The van der Waals surface area contributed by atoms with E-state index in [9.17, 15) is 13.2 Å². The second kappa shape index (κ2) is 5.88. The predicted molar refractivity (Wildman–Crippen MR) is 90.4 cm³/mol. The van der Waals surface area contributed by atoms with Crippen LogP contribution in [0, 0.1) is 0 Å². The molecule has 0 saturated carbocycles. The van der Waals surface area contributed by atoms with Gasteiger partial charge in [-0.25, -0.2) is 4.98 Å². The molecule has 0 radical (unpaired) electrons. The molecule has 3 aromatic rings. The molecule has 0 bridgehead atoms. The number of oxazole rings is 1. The van der Waals surface area contributed by atoms with Gasteiger partial charge in [-0.3, -0.25) is 4.99 Å². The summed E-state index contributed by atoms with van der Waals surface area (Å²) in [6, 6.07) is 10.5. The summed E-state index contributed by atoms with van der Waals surface area (Å²) < 4.78 is 43.7. The maximum absolute atomic E-state index is 12.7. The number of allylic oxidation sites excluding steroid dienone is 1. The Morgan fingerprint density at radius 2 is 1.72 bits per heavy atom. The number of fused-ring (bicyclic) bond motifs is 1. The molecule has 0 unspecified atom stereocenters. The first kappa shape index (κ1) is 15.6. The van der Waals surface area contributed by atoms with Crippen LogP contribution in [0.25, 0.3) is 28.1 Å². The molecule has 1 aliphatic heterocycles. The third-order valence-electron chi connectivity index (χ3n) is 4.11. The zero-order chi connectivity index (χ0) is 17.4. The van der Waals surface area contributed by atoms with Crippen LogP contribution in [0.1, 0.15) is 17.5 Å². The van der Waals surface area contributed by atoms with Crippen molar-refractivity contribution in [3.8, 4) is 11.5 Å². The van der Waals surface area contributed by atoms with E-state index in [1.165, 1.54) is 17.7 Å². The van der Waals surface area contributed by atoms with E-state index >= 15 is 0 Å². The molecule has 0 amide bonds. The van der Waals surface area contributed by atoms with Crippen molar-refractivity contribution < 1.29 is 17.6 Å². The van der Waals surface area contributed by atoms with E-state index in [1.54, 1.807) is 6.21 Å². The Balaban J connectivity index is 1.69. The fourth-order valence-electron chi connectivity index (χ4n) is 2.78. The van der Waals surface area contributed by atoms with Crippen molar-refractivity contribution in [1.82, 2.24) is 4.98 Å². The SMILES string of the molecule is FC(F)(F)c1ccc(-c2nc3cc(C4=CC=NCC4)ccc3o2)cc1. The van der Waals surface area contributed by atoms with Gasteiger partial charge in [-0.2, -0.15) is 13.2 Å². The van der Waals surface area contributed by atoms with Crippen molar-refractivity contribution in [2.24, 2.45) is 4.99 Å². The zero-order valence-corrected chi connectivity index (χ0v) is 13.0. The molecule has 2 heterocycles. The van der Waals surface area contributed by atoms with Crippen molar-refractivity contribution in [3.05, 3.63) is 59.7 Å². The standard InChI is InChI=1S/C19H13F3N2O/c20-19(21,22)15-4-1-13(2-5-15)18-24-16-11-14(3-6-17(16)25-18)12-7-9-23-10-8-12/h1-7,9,11H,8,10H2. The van der Waals surface area contributed by atoms with E-state index < -0.39 is 11.7 Å². The fourth-order valence-corrected chi connectivity index (χ4v) is 2.78. The number of dihydropyridines is 1. The van der Waals surface area contributed by atoms with E-state index in [4.69, 9.17) is 4.42 Å². The number of rotatable bonds is 2. The van der Waals surface area contributed by atoms with Crippen LogP contribution in [0.4, 0.5) is 13.2 Å². The first-order valence-corrected chi connectivity index (χ1v) is 7.78. The van der Waals surface area contributed by atoms with Crippen LogP contribution in [-0.2, 0) is 6.18 Å². The van der Waals surface area contributed by atoms with Gasteiger partial charge in [-0.15, -0.1) is 0 Å². The monoisotopic (exact) mass is 342 g/mol. The van der Waals surface area contributed by atoms with E-state index in [0.717, 1.165) is 30.7 Å². The summed E-state index contributed by atoms with van der Waals surface area (Å²) in [4.78, 5) is 8.59. The predicted octanol–water partition coefficient (Wildman–Crippen LogP) is 5.37. The summed E-state index contributed by atoms with van der Waals surface area (Å²) in [5.41, 5.74) is 3.32. The summed E-state index contributed by atoms with van der Waals surface area (Å²) in [5, 5.41) is 0. The Morgan fingerprint density at radius 1 is 0.960 bits per heavy atom. The molecule has 1 aliphatic rings. The first-order chi connectivity index (χ1) is 12.0. The maximum Gasteiger partial charge on any atom is 0.416 e. The molecule has 2 aromatic carbocycles. The van der Waals surface area contributed by atoms with Gasteiger partial charge in [0.15, 0.2) is 5.58 Å². The van der Waals surface area contributed by atoms with Crippen LogP contribution in [0.2, 0.25) is 0 Å².